The van der Waals surface area contributed by atoms with Gasteiger partial charge in [0, 0.05) is 42.8 Å². The molecular weight excluding hydrogens is 435 g/mol. The first-order valence-corrected chi connectivity index (χ1v) is 9.48. The molecule has 170 valence electrons. The average Bonchev–Trinajstić information content (AvgIpc) is 2.78. The number of nitrogens with zero attached hydrogens (tertiary/aromatic N) is 2. The molecule has 0 atom stereocenters. The maximum Gasteiger partial charge on any atom is 0.490 e. The Labute approximate surface area is 188 Å². The number of anilines is 2. The second kappa shape index (κ2) is 11.3. The molecule has 0 aliphatic heterocycles. The molecule has 0 aliphatic rings. The summed E-state index contributed by atoms with van der Waals surface area (Å²) >= 11 is 0. The van der Waals surface area contributed by atoms with E-state index in [1.165, 1.54) is 0 Å². The van der Waals surface area contributed by atoms with E-state index in [0.717, 1.165) is 11.3 Å². The van der Waals surface area contributed by atoms with Crippen molar-refractivity contribution in [2.45, 2.75) is 6.18 Å². The number of carbonyl (C=O) groups is 2. The molecule has 9 heteroatoms. The number of pyridine rings is 1. The molecule has 0 fully saturated rings. The van der Waals surface area contributed by atoms with Gasteiger partial charge in [0.15, 0.2) is 0 Å². The minimum atomic E-state index is -5.08. The molecule has 1 amide bonds. The summed E-state index contributed by atoms with van der Waals surface area (Å²) in [6.45, 7) is 0. The number of nitrogens with one attached hydrogen (secondary N) is 1. The molecule has 1 aromatic heterocycles. The molecule has 2 aromatic carbocycles. The molecule has 0 bridgehead atoms. The molecule has 6 nitrogen and oxygen atoms in total. The number of amides is 1. The lowest BCUT2D eigenvalue weighted by Gasteiger charge is -2.12. The Morgan fingerprint density at radius 1 is 0.970 bits per heavy atom. The minimum Gasteiger partial charge on any atom is -0.475 e. The number of rotatable bonds is 3. The molecule has 0 unspecified atom stereocenters. The van der Waals surface area contributed by atoms with Gasteiger partial charge in [-0.3, -0.25) is 4.79 Å². The highest BCUT2D eigenvalue weighted by Crippen LogP contribution is 2.15. The van der Waals surface area contributed by atoms with Crippen molar-refractivity contribution in [3.63, 3.8) is 0 Å². The molecular formula is C24H20F3N3O3. The minimum absolute atomic E-state index is 0.148. The van der Waals surface area contributed by atoms with Crippen molar-refractivity contribution in [3.05, 3.63) is 89.7 Å². The predicted molar refractivity (Wildman–Crippen MR) is 119 cm³/mol. The Morgan fingerprint density at radius 3 is 2.18 bits per heavy atom. The first kappa shape index (κ1) is 24.9. The van der Waals surface area contributed by atoms with Gasteiger partial charge in [-0.25, -0.2) is 9.78 Å². The Balaban J connectivity index is 0.000000479. The van der Waals surface area contributed by atoms with Crippen LogP contribution in [-0.4, -0.2) is 42.2 Å². The molecule has 3 rings (SSSR count). The van der Waals surface area contributed by atoms with Crippen LogP contribution in [0.5, 0.6) is 0 Å². The first-order valence-electron chi connectivity index (χ1n) is 9.48. The number of carboxylic acid groups (broad SMARTS) is 1. The normalized spacial score (nSPS) is 10.1. The van der Waals surface area contributed by atoms with E-state index in [1.807, 2.05) is 85.7 Å². The zero-order valence-corrected chi connectivity index (χ0v) is 17.7. The largest absolute Gasteiger partial charge is 0.490 e. The second-order valence-electron chi connectivity index (χ2n) is 6.74. The molecule has 0 radical (unpaired) electrons. The van der Waals surface area contributed by atoms with Crippen LogP contribution in [-0.2, 0) is 4.79 Å². The van der Waals surface area contributed by atoms with Crippen LogP contribution >= 0.6 is 0 Å². The molecule has 0 spiro atoms. The molecule has 2 N–H and O–H groups in total. The van der Waals surface area contributed by atoms with Gasteiger partial charge in [0.1, 0.15) is 5.69 Å². The highest BCUT2D eigenvalue weighted by molar-refractivity contribution is 6.04. The standard InChI is InChI=1S/C22H19N3O.C2HF3O2/c1-25(2)21-13-10-18(11-14-21)22(26)24-20-8-5-6-17(16-20)9-12-19-7-3-4-15-23-19;3-2(4,5)1(6)7/h3-8,10-11,13-16H,1-2H3,(H,24,26);(H,6,7). The molecule has 0 saturated carbocycles. The summed E-state index contributed by atoms with van der Waals surface area (Å²) in [4.78, 5) is 27.5. The summed E-state index contributed by atoms with van der Waals surface area (Å²) in [6.07, 6.45) is -3.37. The molecule has 33 heavy (non-hydrogen) atoms. The van der Waals surface area contributed by atoms with Crippen molar-refractivity contribution in [1.29, 1.82) is 0 Å². The maximum atomic E-state index is 12.4. The van der Waals surface area contributed by atoms with Crippen molar-refractivity contribution in [2.24, 2.45) is 0 Å². The monoisotopic (exact) mass is 455 g/mol. The summed E-state index contributed by atoms with van der Waals surface area (Å²) in [7, 11) is 3.93. The number of benzene rings is 2. The van der Waals surface area contributed by atoms with Gasteiger partial charge >= 0.3 is 12.1 Å². The van der Waals surface area contributed by atoms with Gasteiger partial charge in [-0.2, -0.15) is 13.2 Å². The topological polar surface area (TPSA) is 82.5 Å². The lowest BCUT2D eigenvalue weighted by Crippen LogP contribution is -2.21. The third kappa shape index (κ3) is 8.38. The number of hydrogen-bond donors (Lipinski definition) is 2. The predicted octanol–water partition coefficient (Wildman–Crippen LogP) is 4.43. The molecule has 0 aliphatic carbocycles. The third-order valence-corrected chi connectivity index (χ3v) is 4.01. The summed E-state index contributed by atoms with van der Waals surface area (Å²) in [5, 5.41) is 10.0. The van der Waals surface area contributed by atoms with E-state index in [1.54, 1.807) is 6.20 Å². The summed E-state index contributed by atoms with van der Waals surface area (Å²) in [5.74, 6) is 3.17. The fourth-order valence-electron chi connectivity index (χ4n) is 2.36. The fourth-order valence-corrected chi connectivity index (χ4v) is 2.36. The van der Waals surface area contributed by atoms with Crippen LogP contribution in [0, 0.1) is 11.8 Å². The number of alkyl halides is 3. The van der Waals surface area contributed by atoms with Gasteiger partial charge in [0.05, 0.1) is 0 Å². The number of aliphatic carboxylic acids is 1. The second-order valence-corrected chi connectivity index (χ2v) is 6.74. The smallest absolute Gasteiger partial charge is 0.475 e. The highest BCUT2D eigenvalue weighted by atomic mass is 19.4. The van der Waals surface area contributed by atoms with Crippen molar-refractivity contribution in [2.75, 3.05) is 24.3 Å². The summed E-state index contributed by atoms with van der Waals surface area (Å²) in [6, 6.07) is 20.5. The van der Waals surface area contributed by atoms with Crippen LogP contribution in [0.2, 0.25) is 0 Å². The Kier molecular flexibility index (Phi) is 8.57. The van der Waals surface area contributed by atoms with Gasteiger partial charge in [-0.15, -0.1) is 0 Å². The number of carboxylic acids is 1. The van der Waals surface area contributed by atoms with Gasteiger partial charge in [0.25, 0.3) is 5.91 Å². The van der Waals surface area contributed by atoms with Gasteiger partial charge in [-0.05, 0) is 60.5 Å². The molecule has 3 aromatic rings. The van der Waals surface area contributed by atoms with Crippen LogP contribution < -0.4 is 10.2 Å². The van der Waals surface area contributed by atoms with E-state index in [0.29, 0.717) is 16.9 Å². The van der Waals surface area contributed by atoms with Crippen LogP contribution in [0.3, 0.4) is 0 Å². The van der Waals surface area contributed by atoms with Crippen LogP contribution in [0.1, 0.15) is 21.6 Å². The Morgan fingerprint density at radius 2 is 1.64 bits per heavy atom. The van der Waals surface area contributed by atoms with E-state index in [2.05, 4.69) is 22.1 Å². The van der Waals surface area contributed by atoms with E-state index < -0.39 is 12.1 Å². The van der Waals surface area contributed by atoms with E-state index >= 15 is 0 Å². The number of carbonyl (C=O) groups excluding carboxylic acids is 1. The number of hydrogen-bond acceptors (Lipinski definition) is 4. The lowest BCUT2D eigenvalue weighted by molar-refractivity contribution is -0.192. The lowest BCUT2D eigenvalue weighted by atomic mass is 10.1. The fraction of sp³-hybridized carbons (Fsp3) is 0.125. The van der Waals surface area contributed by atoms with Gasteiger partial charge < -0.3 is 15.3 Å². The van der Waals surface area contributed by atoms with E-state index in [-0.39, 0.29) is 5.91 Å². The summed E-state index contributed by atoms with van der Waals surface area (Å²) < 4.78 is 31.7. The average molecular weight is 455 g/mol. The third-order valence-electron chi connectivity index (χ3n) is 4.01. The Bertz CT molecular complexity index is 1150. The van der Waals surface area contributed by atoms with Crippen LogP contribution in [0.25, 0.3) is 0 Å². The van der Waals surface area contributed by atoms with Gasteiger partial charge in [-0.1, -0.05) is 18.1 Å². The van der Waals surface area contributed by atoms with E-state index in [4.69, 9.17) is 9.90 Å². The first-order chi connectivity index (χ1) is 15.6. The quantitative estimate of drug-likeness (QED) is 0.571. The van der Waals surface area contributed by atoms with Crippen molar-refractivity contribution in [3.8, 4) is 11.8 Å². The number of aromatic nitrogens is 1. The molecule has 0 saturated heterocycles. The van der Waals surface area contributed by atoms with Crippen molar-refractivity contribution in [1.82, 2.24) is 4.98 Å². The molecule has 1 heterocycles. The van der Waals surface area contributed by atoms with Crippen molar-refractivity contribution < 1.29 is 27.9 Å². The number of halogens is 3. The zero-order valence-electron chi connectivity index (χ0n) is 17.7. The zero-order chi connectivity index (χ0) is 24.4. The summed E-state index contributed by atoms with van der Waals surface area (Å²) in [5.41, 5.74) is 3.90. The maximum absolute atomic E-state index is 12.4. The highest BCUT2D eigenvalue weighted by Gasteiger charge is 2.38. The Hall–Kier alpha value is -4.32. The van der Waals surface area contributed by atoms with Crippen LogP contribution in [0.15, 0.2) is 72.9 Å². The SMILES string of the molecule is CN(C)c1ccc(C(=O)Nc2cccc(C#Cc3ccccn3)c2)cc1.O=C(O)C(F)(F)F. The van der Waals surface area contributed by atoms with E-state index in [9.17, 15) is 18.0 Å². The van der Waals surface area contributed by atoms with Crippen molar-refractivity contribution >= 4 is 23.3 Å². The van der Waals surface area contributed by atoms with Gasteiger partial charge in [0.2, 0.25) is 0 Å². The van der Waals surface area contributed by atoms with Crippen LogP contribution in [0.4, 0.5) is 24.5 Å².